The molecule has 4 aliphatic rings. The number of aliphatic hydroxyl groups is 4. The lowest BCUT2D eigenvalue weighted by atomic mass is 9.81. The Bertz CT molecular complexity index is 1410. The predicted octanol–water partition coefficient (Wildman–Crippen LogP) is 3.82. The largest absolute Gasteiger partial charge is 0.456 e. The van der Waals surface area contributed by atoms with Crippen molar-refractivity contribution in [2.75, 3.05) is 20.8 Å². The van der Waals surface area contributed by atoms with Crippen LogP contribution in [0.3, 0.4) is 0 Å². The predicted molar refractivity (Wildman–Crippen MR) is 203 cm³/mol. The first-order valence-corrected chi connectivity index (χ1v) is 20.4. The van der Waals surface area contributed by atoms with E-state index in [1.165, 1.54) is 7.11 Å². The lowest BCUT2D eigenvalue weighted by Crippen LogP contribution is -2.57. The van der Waals surface area contributed by atoms with Gasteiger partial charge in [-0.2, -0.15) is 0 Å². The zero-order valence-corrected chi connectivity index (χ0v) is 34.1. The maximum absolute atomic E-state index is 14.2. The minimum Gasteiger partial charge on any atom is -0.456 e. The van der Waals surface area contributed by atoms with Crippen molar-refractivity contribution in [3.05, 3.63) is 23.3 Å². The molecule has 0 aromatic rings. The van der Waals surface area contributed by atoms with Crippen molar-refractivity contribution in [3.8, 4) is 0 Å². The number of ether oxygens (including phenoxy) is 4. The van der Waals surface area contributed by atoms with Crippen molar-refractivity contribution < 1.29 is 58.6 Å². The van der Waals surface area contributed by atoms with Crippen molar-refractivity contribution in [3.63, 3.8) is 0 Å². The highest BCUT2D eigenvalue weighted by atomic mass is 16.7. The Labute approximate surface area is 326 Å². The molecular weight excluding hydrogens is 710 g/mol. The summed E-state index contributed by atoms with van der Waals surface area (Å²) in [4.78, 5) is 56.9. The number of nitrogens with zero attached hydrogens (tertiary/aromatic N) is 1. The molecule has 14 unspecified atom stereocenters. The zero-order chi connectivity index (χ0) is 40.8. The van der Waals surface area contributed by atoms with Gasteiger partial charge in [0.15, 0.2) is 0 Å². The standard InChI is InChI=1S/C42H67NO12/c1-9-29-17-23(2)16-24(3)18-35(53-8)37(47)36-20-26(5)42(51,55-36)39(48)40(49)43-15-11-10-12-30(43)41(50)54-38(27(6)32(45)22-33(29)46)25(4)19-28-13-14-31(44)34(21-28)52-7/h17,19,24,26-32,34-38,44-45,47,51H,9-16,18,20-22H2,1-8H3/b23-17+,25-19+. The molecule has 1 aliphatic carbocycles. The van der Waals surface area contributed by atoms with Crippen LogP contribution < -0.4 is 0 Å². The van der Waals surface area contributed by atoms with Crippen LogP contribution in [0.5, 0.6) is 0 Å². The number of hydrogen-bond donors (Lipinski definition) is 4. The van der Waals surface area contributed by atoms with Crippen molar-refractivity contribution in [2.45, 2.75) is 167 Å². The number of esters is 1. The lowest BCUT2D eigenvalue weighted by molar-refractivity contribution is -0.225. The number of cyclic esters (lactones) is 1. The number of amides is 1. The first-order chi connectivity index (χ1) is 25.9. The van der Waals surface area contributed by atoms with Gasteiger partial charge in [-0.15, -0.1) is 0 Å². The summed E-state index contributed by atoms with van der Waals surface area (Å²) < 4.78 is 23.3. The number of hydrogen-bond acceptors (Lipinski definition) is 12. The molecule has 1 amide bonds. The molecule has 2 saturated heterocycles. The fourth-order valence-corrected chi connectivity index (χ4v) is 9.17. The minimum absolute atomic E-state index is 0.00613. The van der Waals surface area contributed by atoms with Gasteiger partial charge in [-0.25, -0.2) is 4.79 Å². The van der Waals surface area contributed by atoms with Crippen LogP contribution in [0.25, 0.3) is 0 Å². The normalized spacial score (nSPS) is 42.1. The quantitative estimate of drug-likeness (QED) is 0.180. The number of fused-ring (bicyclic) bond motifs is 3. The molecule has 0 aromatic carbocycles. The average Bonchev–Trinajstić information content (AvgIpc) is 3.47. The Morgan fingerprint density at radius 2 is 1.64 bits per heavy atom. The van der Waals surface area contributed by atoms with Gasteiger partial charge in [0.25, 0.3) is 11.7 Å². The second kappa shape index (κ2) is 19.8. The summed E-state index contributed by atoms with van der Waals surface area (Å²) in [7, 11) is 3.03. The molecule has 13 heteroatoms. The van der Waals surface area contributed by atoms with Gasteiger partial charge >= 0.3 is 5.97 Å². The molecule has 4 rings (SSSR count). The van der Waals surface area contributed by atoms with Crippen LogP contribution in [0.2, 0.25) is 0 Å². The third kappa shape index (κ3) is 10.7. The molecule has 55 heavy (non-hydrogen) atoms. The number of carbonyl (C=O) groups is 4. The first-order valence-electron chi connectivity index (χ1n) is 20.4. The summed E-state index contributed by atoms with van der Waals surface area (Å²) in [5.41, 5.74) is 1.63. The molecule has 3 aliphatic heterocycles. The Balaban J connectivity index is 1.73. The molecule has 4 N–H and O–H groups in total. The third-order valence-corrected chi connectivity index (χ3v) is 12.6. The van der Waals surface area contributed by atoms with E-state index in [1.54, 1.807) is 21.0 Å². The van der Waals surface area contributed by atoms with Gasteiger partial charge in [-0.1, -0.05) is 45.4 Å². The van der Waals surface area contributed by atoms with Crippen molar-refractivity contribution in [1.29, 1.82) is 0 Å². The average molecular weight is 778 g/mol. The summed E-state index contributed by atoms with van der Waals surface area (Å²) in [6.45, 7) is 11.1. The van der Waals surface area contributed by atoms with Crippen LogP contribution in [0.4, 0.5) is 0 Å². The molecule has 13 nitrogen and oxygen atoms in total. The van der Waals surface area contributed by atoms with Gasteiger partial charge in [0.1, 0.15) is 24.0 Å². The summed E-state index contributed by atoms with van der Waals surface area (Å²) in [6.07, 6.45) is 2.46. The second-order valence-corrected chi connectivity index (χ2v) is 16.9. The Morgan fingerprint density at radius 1 is 0.945 bits per heavy atom. The summed E-state index contributed by atoms with van der Waals surface area (Å²) in [5, 5.41) is 45.1. The van der Waals surface area contributed by atoms with Gasteiger partial charge < -0.3 is 44.3 Å². The van der Waals surface area contributed by atoms with E-state index in [9.17, 15) is 39.6 Å². The van der Waals surface area contributed by atoms with Crippen LogP contribution in [0, 0.1) is 29.6 Å². The molecule has 312 valence electrons. The molecular formula is C42H67NO12. The van der Waals surface area contributed by atoms with Crippen LogP contribution >= 0.6 is 0 Å². The molecule has 3 fully saturated rings. The molecule has 0 spiro atoms. The van der Waals surface area contributed by atoms with E-state index < -0.39 is 83.9 Å². The van der Waals surface area contributed by atoms with Crippen LogP contribution in [0.1, 0.15) is 112 Å². The number of piperidine rings is 1. The second-order valence-electron chi connectivity index (χ2n) is 16.9. The fraction of sp³-hybridized carbons (Fsp3) is 0.810. The van der Waals surface area contributed by atoms with Crippen molar-refractivity contribution >= 4 is 23.4 Å². The van der Waals surface area contributed by atoms with Gasteiger partial charge in [-0.3, -0.25) is 14.4 Å². The number of methoxy groups -OCH3 is 2. The van der Waals surface area contributed by atoms with E-state index in [1.807, 2.05) is 39.8 Å². The number of Topliss-reactive ketones (excluding diaryl/α,β-unsaturated/α-hetero) is 2. The Hall–Kier alpha value is -2.52. The summed E-state index contributed by atoms with van der Waals surface area (Å²) >= 11 is 0. The highest BCUT2D eigenvalue weighted by Crippen LogP contribution is 2.39. The molecule has 2 bridgehead atoms. The summed E-state index contributed by atoms with van der Waals surface area (Å²) in [5.74, 6) is -7.73. The van der Waals surface area contributed by atoms with Crippen LogP contribution in [-0.4, -0.2) is 124 Å². The highest BCUT2D eigenvalue weighted by molar-refractivity contribution is 6.39. The number of aliphatic hydroxyl groups excluding tert-OH is 3. The van der Waals surface area contributed by atoms with Crippen molar-refractivity contribution in [1.82, 2.24) is 4.90 Å². The van der Waals surface area contributed by atoms with E-state index in [4.69, 9.17) is 18.9 Å². The van der Waals surface area contributed by atoms with Gasteiger partial charge in [0, 0.05) is 44.9 Å². The minimum atomic E-state index is -2.52. The Kier molecular flexibility index (Phi) is 16.2. The number of rotatable bonds is 5. The molecule has 14 atom stereocenters. The number of ketones is 2. The topological polar surface area (TPSA) is 189 Å². The van der Waals surface area contributed by atoms with E-state index in [0.29, 0.717) is 56.9 Å². The van der Waals surface area contributed by atoms with E-state index in [-0.39, 0.29) is 49.5 Å². The van der Waals surface area contributed by atoms with Gasteiger partial charge in [0.05, 0.1) is 30.5 Å². The molecule has 0 radical (unpaired) electrons. The van der Waals surface area contributed by atoms with Gasteiger partial charge in [0.2, 0.25) is 5.79 Å². The van der Waals surface area contributed by atoms with Crippen LogP contribution in [0.15, 0.2) is 23.3 Å². The zero-order valence-electron chi connectivity index (χ0n) is 34.1. The van der Waals surface area contributed by atoms with Crippen molar-refractivity contribution in [2.24, 2.45) is 29.6 Å². The van der Waals surface area contributed by atoms with E-state index in [0.717, 1.165) is 10.5 Å². The maximum atomic E-state index is 14.2. The SMILES string of the molecule is CCC1/C=C(\C)CC(C)CC(OC)C(O)C2CC(C)C(O)(O2)C(=O)C(=O)N2CCCCC2C(=O)OC(/C(C)=C/C2CCC(O)C(OC)C2)C(C)C(O)CC1=O. The van der Waals surface area contributed by atoms with Crippen LogP contribution in [-0.2, 0) is 38.1 Å². The van der Waals surface area contributed by atoms with E-state index in [2.05, 4.69) is 0 Å². The third-order valence-electron chi connectivity index (χ3n) is 12.6. The van der Waals surface area contributed by atoms with Gasteiger partial charge in [-0.05, 0) is 95.5 Å². The maximum Gasteiger partial charge on any atom is 0.329 e. The fourth-order valence-electron chi connectivity index (χ4n) is 9.17. The lowest BCUT2D eigenvalue weighted by Gasteiger charge is -2.38. The smallest absolute Gasteiger partial charge is 0.329 e. The monoisotopic (exact) mass is 777 g/mol. The molecule has 0 aromatic heterocycles. The number of allylic oxidation sites excluding steroid dienone is 3. The number of carbonyl (C=O) groups excluding carboxylic acids is 4. The van der Waals surface area contributed by atoms with E-state index >= 15 is 0 Å². The summed E-state index contributed by atoms with van der Waals surface area (Å²) in [6, 6.07) is -1.15. The first kappa shape index (κ1) is 45.2. The highest BCUT2D eigenvalue weighted by Gasteiger charge is 2.57. The molecule has 1 saturated carbocycles. The Morgan fingerprint density at radius 3 is 2.29 bits per heavy atom. The molecule has 3 heterocycles.